The Kier molecular flexibility index (Phi) is 6.17. The molecule has 4 N–H and O–H groups in total. The minimum absolute atomic E-state index is 0.0136. The number of phenolic OH excluding ortho intramolecular Hbond substituents is 1. The number of carbonyl (C=O) groups excluding carboxylic acids is 2. The van der Waals surface area contributed by atoms with Crippen LogP contribution in [0.2, 0.25) is 0 Å². The first-order valence-corrected chi connectivity index (χ1v) is 6.87. The third-order valence-electron chi connectivity index (χ3n) is 2.92. The second-order valence-electron chi connectivity index (χ2n) is 5.39. The maximum Gasteiger partial charge on any atom is 0.240 e. The standard InChI is InChI=1S/C15H23N3O3/c1-10(2)17-14(20)9-18(3)15(21)13(16)8-11-4-6-12(19)7-5-11/h4-7,10,13,19H,8-9,16H2,1-3H3,(H,17,20)/t13-/m1/s1. The number of carbonyl (C=O) groups is 2. The number of hydrogen-bond donors (Lipinski definition) is 3. The molecule has 0 aromatic heterocycles. The Labute approximate surface area is 124 Å². The van der Waals surface area contributed by atoms with Gasteiger partial charge in [-0.3, -0.25) is 9.59 Å². The molecule has 0 fully saturated rings. The molecule has 0 unspecified atom stereocenters. The molecule has 116 valence electrons. The van der Waals surface area contributed by atoms with Crippen molar-refractivity contribution in [3.63, 3.8) is 0 Å². The fourth-order valence-electron chi connectivity index (χ4n) is 1.92. The maximum atomic E-state index is 12.1. The third kappa shape index (κ3) is 5.83. The Morgan fingerprint density at radius 1 is 1.29 bits per heavy atom. The minimum atomic E-state index is -0.716. The van der Waals surface area contributed by atoms with Gasteiger partial charge in [0.2, 0.25) is 11.8 Å². The van der Waals surface area contributed by atoms with Crippen LogP contribution in [0.5, 0.6) is 5.75 Å². The molecule has 0 bridgehead atoms. The number of amides is 2. The van der Waals surface area contributed by atoms with Gasteiger partial charge in [0.15, 0.2) is 0 Å². The zero-order valence-electron chi connectivity index (χ0n) is 12.7. The number of benzene rings is 1. The Morgan fingerprint density at radius 3 is 2.38 bits per heavy atom. The zero-order chi connectivity index (χ0) is 16.0. The molecule has 0 aliphatic rings. The highest BCUT2D eigenvalue weighted by Gasteiger charge is 2.20. The monoisotopic (exact) mass is 293 g/mol. The molecule has 0 spiro atoms. The van der Waals surface area contributed by atoms with Crippen molar-refractivity contribution in [2.75, 3.05) is 13.6 Å². The average Bonchev–Trinajstić information content (AvgIpc) is 2.39. The molecule has 6 heteroatoms. The van der Waals surface area contributed by atoms with Crippen molar-refractivity contribution >= 4 is 11.8 Å². The number of aromatic hydroxyl groups is 1. The Bertz CT molecular complexity index is 485. The first kappa shape index (κ1) is 17.0. The van der Waals surface area contributed by atoms with Gasteiger partial charge < -0.3 is 21.1 Å². The second-order valence-corrected chi connectivity index (χ2v) is 5.39. The summed E-state index contributed by atoms with van der Waals surface area (Å²) < 4.78 is 0. The predicted octanol–water partition coefficient (Wildman–Crippen LogP) is 0.245. The Hall–Kier alpha value is -2.08. The smallest absolute Gasteiger partial charge is 0.240 e. The molecule has 0 aliphatic carbocycles. The second kappa shape index (κ2) is 7.64. The number of phenols is 1. The average molecular weight is 293 g/mol. The van der Waals surface area contributed by atoms with E-state index in [1.54, 1.807) is 31.3 Å². The molecule has 1 aromatic rings. The van der Waals surface area contributed by atoms with Gasteiger partial charge in [0.05, 0.1) is 12.6 Å². The van der Waals surface area contributed by atoms with Crippen molar-refractivity contribution in [2.45, 2.75) is 32.4 Å². The summed E-state index contributed by atoms with van der Waals surface area (Å²) in [5.74, 6) is -0.333. The lowest BCUT2D eigenvalue weighted by Gasteiger charge is -2.21. The fraction of sp³-hybridized carbons (Fsp3) is 0.467. The van der Waals surface area contributed by atoms with Crippen LogP contribution in [-0.2, 0) is 16.0 Å². The number of nitrogens with one attached hydrogen (secondary N) is 1. The van der Waals surface area contributed by atoms with Gasteiger partial charge in [-0.1, -0.05) is 12.1 Å². The van der Waals surface area contributed by atoms with E-state index >= 15 is 0 Å². The van der Waals surface area contributed by atoms with Crippen LogP contribution in [0.15, 0.2) is 24.3 Å². The molecule has 0 saturated heterocycles. The summed E-state index contributed by atoms with van der Waals surface area (Å²) >= 11 is 0. The van der Waals surface area contributed by atoms with Crippen molar-refractivity contribution in [1.82, 2.24) is 10.2 Å². The molecule has 1 atom stereocenters. The highest BCUT2D eigenvalue weighted by Crippen LogP contribution is 2.11. The van der Waals surface area contributed by atoms with E-state index in [0.717, 1.165) is 5.56 Å². The molecular weight excluding hydrogens is 270 g/mol. The summed E-state index contributed by atoms with van der Waals surface area (Å²) in [5.41, 5.74) is 6.74. The van der Waals surface area contributed by atoms with Crippen molar-refractivity contribution < 1.29 is 14.7 Å². The van der Waals surface area contributed by atoms with Gasteiger partial charge in [-0.15, -0.1) is 0 Å². The molecule has 0 saturated carbocycles. The topological polar surface area (TPSA) is 95.7 Å². The Morgan fingerprint density at radius 2 is 1.86 bits per heavy atom. The van der Waals surface area contributed by atoms with E-state index in [4.69, 9.17) is 5.73 Å². The van der Waals surface area contributed by atoms with Crippen molar-refractivity contribution in [3.05, 3.63) is 29.8 Å². The van der Waals surface area contributed by atoms with Crippen LogP contribution in [0.4, 0.5) is 0 Å². The number of likely N-dealkylation sites (N-methyl/N-ethyl adjacent to an activating group) is 1. The molecule has 1 rings (SSSR count). The summed E-state index contributed by atoms with van der Waals surface area (Å²) in [5, 5.41) is 11.9. The summed E-state index contributed by atoms with van der Waals surface area (Å²) in [6.07, 6.45) is 0.356. The lowest BCUT2D eigenvalue weighted by molar-refractivity contribution is -0.135. The highest BCUT2D eigenvalue weighted by molar-refractivity contribution is 5.87. The summed E-state index contributed by atoms with van der Waals surface area (Å²) in [4.78, 5) is 25.0. The molecule has 0 aliphatic heterocycles. The highest BCUT2D eigenvalue weighted by atomic mass is 16.3. The van der Waals surface area contributed by atoms with E-state index in [1.165, 1.54) is 4.90 Å². The lowest BCUT2D eigenvalue weighted by Crippen LogP contribution is -2.47. The van der Waals surface area contributed by atoms with Crippen LogP contribution in [-0.4, -0.2) is 47.5 Å². The van der Waals surface area contributed by atoms with E-state index in [0.29, 0.717) is 6.42 Å². The minimum Gasteiger partial charge on any atom is -0.508 e. The number of rotatable bonds is 6. The summed E-state index contributed by atoms with van der Waals surface area (Å²) in [6, 6.07) is 5.85. The quantitative estimate of drug-likeness (QED) is 0.700. The molecule has 2 amide bonds. The van der Waals surface area contributed by atoms with Gasteiger partial charge in [0, 0.05) is 13.1 Å². The van der Waals surface area contributed by atoms with Crippen LogP contribution >= 0.6 is 0 Å². The van der Waals surface area contributed by atoms with Gasteiger partial charge in [0.25, 0.3) is 0 Å². The van der Waals surface area contributed by atoms with Crippen molar-refractivity contribution in [2.24, 2.45) is 5.73 Å². The van der Waals surface area contributed by atoms with E-state index < -0.39 is 6.04 Å². The molecule has 1 aromatic carbocycles. The first-order chi connectivity index (χ1) is 9.79. The molecule has 0 radical (unpaired) electrons. The third-order valence-corrected chi connectivity index (χ3v) is 2.92. The lowest BCUT2D eigenvalue weighted by atomic mass is 10.1. The van der Waals surface area contributed by atoms with Gasteiger partial charge in [-0.05, 0) is 38.0 Å². The Balaban J connectivity index is 2.53. The van der Waals surface area contributed by atoms with Gasteiger partial charge in [-0.2, -0.15) is 0 Å². The maximum absolute atomic E-state index is 12.1. The van der Waals surface area contributed by atoms with Crippen LogP contribution in [0.1, 0.15) is 19.4 Å². The number of nitrogens with zero attached hydrogens (tertiary/aromatic N) is 1. The van der Waals surface area contributed by atoms with Crippen LogP contribution in [0.3, 0.4) is 0 Å². The molecular formula is C15H23N3O3. The fourth-order valence-corrected chi connectivity index (χ4v) is 1.92. The van der Waals surface area contributed by atoms with Gasteiger partial charge in [0.1, 0.15) is 5.75 Å². The van der Waals surface area contributed by atoms with Gasteiger partial charge >= 0.3 is 0 Å². The summed E-state index contributed by atoms with van der Waals surface area (Å²) in [7, 11) is 1.55. The summed E-state index contributed by atoms with van der Waals surface area (Å²) in [6.45, 7) is 3.70. The largest absolute Gasteiger partial charge is 0.508 e. The van der Waals surface area contributed by atoms with Gasteiger partial charge in [-0.25, -0.2) is 0 Å². The normalized spacial score (nSPS) is 12.0. The predicted molar refractivity (Wildman–Crippen MR) is 80.7 cm³/mol. The molecule has 21 heavy (non-hydrogen) atoms. The zero-order valence-corrected chi connectivity index (χ0v) is 12.7. The van der Waals surface area contributed by atoms with Crippen LogP contribution < -0.4 is 11.1 Å². The number of hydrogen-bond acceptors (Lipinski definition) is 4. The van der Waals surface area contributed by atoms with Crippen LogP contribution in [0.25, 0.3) is 0 Å². The number of nitrogens with two attached hydrogens (primary N) is 1. The van der Waals surface area contributed by atoms with E-state index in [9.17, 15) is 14.7 Å². The first-order valence-electron chi connectivity index (χ1n) is 6.87. The van der Waals surface area contributed by atoms with Crippen molar-refractivity contribution in [3.8, 4) is 5.75 Å². The van der Waals surface area contributed by atoms with E-state index in [2.05, 4.69) is 5.32 Å². The van der Waals surface area contributed by atoms with Crippen molar-refractivity contribution in [1.29, 1.82) is 0 Å². The molecule has 6 nitrogen and oxygen atoms in total. The van der Waals surface area contributed by atoms with E-state index in [-0.39, 0.29) is 30.2 Å². The molecule has 0 heterocycles. The van der Waals surface area contributed by atoms with Crippen LogP contribution in [0, 0.1) is 0 Å². The van der Waals surface area contributed by atoms with E-state index in [1.807, 2.05) is 13.8 Å². The SMILES string of the molecule is CC(C)NC(=O)CN(C)C(=O)[C@H](N)Cc1ccc(O)cc1.